The third-order valence-electron chi connectivity index (χ3n) is 15.7. The first-order valence-electron chi connectivity index (χ1n) is 28.8. The molecule has 84 heavy (non-hydrogen) atoms. The van der Waals surface area contributed by atoms with Gasteiger partial charge in [0.2, 0.25) is 11.7 Å². The lowest BCUT2D eigenvalue weighted by Crippen LogP contribution is -2.69. The number of nitrogens with zero attached hydrogens (tertiary/aromatic N) is 1. The van der Waals surface area contributed by atoms with Crippen molar-refractivity contribution in [3.63, 3.8) is 0 Å². The van der Waals surface area contributed by atoms with Gasteiger partial charge in [-0.3, -0.25) is 14.6 Å². The molecular weight excluding hydrogens is 1100 g/mol. The third-order valence-corrected chi connectivity index (χ3v) is 15.7. The van der Waals surface area contributed by atoms with Crippen molar-refractivity contribution in [2.24, 2.45) is 17.8 Å². The van der Waals surface area contributed by atoms with Crippen LogP contribution in [0.1, 0.15) is 84.8 Å². The molecule has 1 aromatic heterocycles. The summed E-state index contributed by atoms with van der Waals surface area (Å²) in [7, 11) is 0. The maximum Gasteiger partial charge on any atom is 0.308 e. The molecule has 23 atom stereocenters. The molecule has 2 bridgehead atoms. The Kier molecular flexibility index (Phi) is 28.6. The van der Waals surface area contributed by atoms with Gasteiger partial charge in [0.15, 0.2) is 12.1 Å². The van der Waals surface area contributed by atoms with Crippen LogP contribution in [0.2, 0.25) is 0 Å². The molecule has 0 aliphatic carbocycles. The summed E-state index contributed by atoms with van der Waals surface area (Å²) in [5.74, 6) is -8.47. The van der Waals surface area contributed by atoms with Gasteiger partial charge in [0, 0.05) is 62.4 Å². The molecule has 1 amide bonds. The Hall–Kier alpha value is -4.49. The van der Waals surface area contributed by atoms with Gasteiger partial charge in [-0.2, -0.15) is 0 Å². The summed E-state index contributed by atoms with van der Waals surface area (Å²) >= 11 is 0. The highest BCUT2D eigenvalue weighted by atomic mass is 16.7. The summed E-state index contributed by atoms with van der Waals surface area (Å²) < 4.78 is 29.5. The quantitative estimate of drug-likeness (QED) is 0.129. The lowest BCUT2D eigenvalue weighted by atomic mass is 9.82. The molecule has 3 unspecified atom stereocenters. The Morgan fingerprint density at radius 1 is 0.679 bits per heavy atom. The van der Waals surface area contributed by atoms with Crippen molar-refractivity contribution < 1.29 is 105 Å². The summed E-state index contributed by atoms with van der Waals surface area (Å²) in [6.45, 7) is 5.54. The minimum absolute atomic E-state index is 0.0809. The number of carbonyl (C=O) groups is 2. The molecular formula is C60H91N3O21. The number of hydrogen-bond donors (Lipinski definition) is 16. The van der Waals surface area contributed by atoms with Gasteiger partial charge in [-0.25, -0.2) is 0 Å². The Morgan fingerprint density at radius 3 is 1.96 bits per heavy atom. The molecule has 16 N–H and O–H groups in total. The van der Waals surface area contributed by atoms with Gasteiger partial charge < -0.3 is 106 Å². The maximum absolute atomic E-state index is 14.2. The fraction of sp³-hybridized carbons (Fsp3) is 0.650. The van der Waals surface area contributed by atoms with Gasteiger partial charge in [-0.05, 0) is 45.2 Å². The number of carbonyl (C=O) groups excluding carboxylic acids is 2. The number of allylic oxidation sites excluding steroid dienone is 12. The summed E-state index contributed by atoms with van der Waals surface area (Å²) in [6.07, 6.45) is -1.43. The van der Waals surface area contributed by atoms with Crippen molar-refractivity contribution in [1.82, 2.24) is 15.6 Å². The van der Waals surface area contributed by atoms with E-state index >= 15 is 0 Å². The second-order valence-corrected chi connectivity index (χ2v) is 22.6. The second-order valence-electron chi connectivity index (χ2n) is 22.6. The molecule has 5 rings (SSSR count). The van der Waals surface area contributed by atoms with Gasteiger partial charge in [-0.15, -0.1) is 0 Å². The lowest BCUT2D eigenvalue weighted by Gasteiger charge is -2.47. The normalized spacial score (nSPS) is 40.7. The Bertz CT molecular complexity index is 2360. The molecule has 4 aliphatic rings. The van der Waals surface area contributed by atoms with Crippen molar-refractivity contribution in [3.8, 4) is 0 Å². The lowest BCUT2D eigenvalue weighted by molar-refractivity contribution is -0.323. The number of cyclic esters (lactones) is 1. The van der Waals surface area contributed by atoms with E-state index < -0.39 is 184 Å². The zero-order chi connectivity index (χ0) is 61.7. The van der Waals surface area contributed by atoms with Crippen LogP contribution in [0, 0.1) is 17.8 Å². The molecule has 472 valence electrons. The van der Waals surface area contributed by atoms with E-state index in [2.05, 4.69) is 15.6 Å². The number of fused-ring (bicyclic) bond motifs is 2. The number of rotatable bonds is 9. The minimum Gasteiger partial charge on any atom is -0.462 e. The van der Waals surface area contributed by atoms with E-state index in [9.17, 15) is 81.1 Å². The van der Waals surface area contributed by atoms with Crippen molar-refractivity contribution in [2.45, 2.75) is 207 Å². The maximum atomic E-state index is 14.2. The van der Waals surface area contributed by atoms with Crippen LogP contribution >= 0.6 is 0 Å². The molecule has 0 aromatic carbocycles. The third kappa shape index (κ3) is 21.7. The second kappa shape index (κ2) is 34.2. The van der Waals surface area contributed by atoms with Crippen LogP contribution in [0.4, 0.5) is 0 Å². The number of nitrogens with one attached hydrogen (secondary N) is 2. The van der Waals surface area contributed by atoms with Gasteiger partial charge in [0.25, 0.3) is 0 Å². The first kappa shape index (κ1) is 70.3. The number of hydrogen-bond acceptors (Lipinski definition) is 23. The standard InChI is InChI=1S/C60H91N3O21/c1-35-19-15-13-11-9-7-5-6-8-10-12-14-16-21-43(83-58-55(75)51(53(73)38(4)82-58)63-34-60(79)56(76)54(74)47(70)33-80-60)30-48-50(57(77)62-26-24-39-20-17-18-25-61-39)46(69)32-59(78,84-48)31-42(66)28-45(68)44(67)23-22-40(64)27-41(65)29-49(71)81-37(3)36(2)52(35)72/h5-21,25,35-38,40-48,50-56,58,63-70,72-76,78-79H,22-24,26-34H2,1-4H3,(H,62,77)/t35-,36?,37-,38+,40+,41+,42-,43-,44+,45+,46-,47+,48?,50?,51-,52+,53+,54-,55-,56-,58-,59+,60+/m0/s1. The van der Waals surface area contributed by atoms with Crippen LogP contribution in [-0.2, 0) is 39.7 Å². The van der Waals surface area contributed by atoms with Gasteiger partial charge in [0.1, 0.15) is 30.5 Å². The molecule has 24 heteroatoms. The zero-order valence-electron chi connectivity index (χ0n) is 48.1. The van der Waals surface area contributed by atoms with Crippen molar-refractivity contribution in [3.05, 3.63) is 115 Å². The van der Waals surface area contributed by atoms with Gasteiger partial charge >= 0.3 is 5.97 Å². The van der Waals surface area contributed by atoms with Crippen LogP contribution in [0.5, 0.6) is 0 Å². The minimum atomic E-state index is -2.47. The van der Waals surface area contributed by atoms with E-state index in [1.165, 1.54) is 13.0 Å². The molecule has 3 fully saturated rings. The predicted octanol–water partition coefficient (Wildman–Crippen LogP) is -1.19. The number of ether oxygens (including phenoxy) is 5. The Labute approximate surface area is 490 Å². The van der Waals surface area contributed by atoms with Gasteiger partial charge in [0.05, 0.1) is 98.7 Å². The van der Waals surface area contributed by atoms with Crippen LogP contribution in [0.15, 0.2) is 109 Å². The van der Waals surface area contributed by atoms with Gasteiger partial charge in [-0.1, -0.05) is 105 Å². The Morgan fingerprint density at radius 2 is 1.32 bits per heavy atom. The molecule has 24 nitrogen and oxygen atoms in total. The van der Waals surface area contributed by atoms with Crippen LogP contribution in [0.3, 0.4) is 0 Å². The number of aromatic nitrogens is 1. The zero-order valence-corrected chi connectivity index (χ0v) is 48.1. The predicted molar refractivity (Wildman–Crippen MR) is 303 cm³/mol. The van der Waals surface area contributed by atoms with Crippen molar-refractivity contribution in [2.75, 3.05) is 19.7 Å². The van der Waals surface area contributed by atoms with Crippen LogP contribution < -0.4 is 10.6 Å². The summed E-state index contributed by atoms with van der Waals surface area (Å²) in [6, 6.07) is 3.93. The first-order chi connectivity index (χ1) is 39.8. The number of pyridine rings is 1. The van der Waals surface area contributed by atoms with E-state index in [4.69, 9.17) is 23.7 Å². The molecule has 0 radical (unpaired) electrons. The SMILES string of the molecule is CC1[C@H](C)OC(=O)C[C@H](O)C[C@H](O)CC[C@@H](O)[C@H](O)C[C@H](O)C[C@]2(O)C[C@H](O)C(C(=O)NCCc3ccccn3)C(C[C@@H](O[C@@H]3O[C@H](C)[C@@H](O)[C@H](NC[C@@]4(O)OC[C@@H](O)[C@H](O)[C@@H]4O)[C@@H]3O)C=CC=CC=CC=CC=CC=CC=C[C@H](C)[C@H]1O)O2. The summed E-state index contributed by atoms with van der Waals surface area (Å²) in [5.41, 5.74) is 0.666. The van der Waals surface area contributed by atoms with E-state index in [0.29, 0.717) is 12.1 Å². The fourth-order valence-corrected chi connectivity index (χ4v) is 10.5. The largest absolute Gasteiger partial charge is 0.462 e. The molecule has 5 heterocycles. The van der Waals surface area contributed by atoms with E-state index in [1.807, 2.05) is 13.0 Å². The number of aliphatic hydroxyl groups is 14. The number of esters is 1. The van der Waals surface area contributed by atoms with E-state index in [-0.39, 0.29) is 38.1 Å². The monoisotopic (exact) mass is 1190 g/mol. The smallest absolute Gasteiger partial charge is 0.308 e. The fourth-order valence-electron chi connectivity index (χ4n) is 10.5. The van der Waals surface area contributed by atoms with Crippen molar-refractivity contribution in [1.29, 1.82) is 0 Å². The molecule has 4 aliphatic heterocycles. The van der Waals surface area contributed by atoms with Crippen molar-refractivity contribution >= 4 is 11.9 Å². The number of amides is 1. The van der Waals surface area contributed by atoms with E-state index in [0.717, 1.165) is 0 Å². The highest BCUT2D eigenvalue weighted by Crippen LogP contribution is 2.38. The summed E-state index contributed by atoms with van der Waals surface area (Å²) in [4.78, 5) is 31.2. The topological polar surface area (TPSA) is 400 Å². The number of aliphatic hydroxyl groups excluding tert-OH is 12. The molecule has 0 saturated carbocycles. The van der Waals surface area contributed by atoms with Crippen LogP contribution in [-0.4, -0.2) is 230 Å². The average molecular weight is 1190 g/mol. The van der Waals surface area contributed by atoms with Crippen LogP contribution in [0.25, 0.3) is 0 Å². The molecule has 3 saturated heterocycles. The highest BCUT2D eigenvalue weighted by Gasteiger charge is 2.53. The first-order valence-corrected chi connectivity index (χ1v) is 28.8. The molecule has 1 aromatic rings. The summed E-state index contributed by atoms with van der Waals surface area (Å²) in [5, 5.41) is 160. The van der Waals surface area contributed by atoms with E-state index in [1.54, 1.807) is 111 Å². The highest BCUT2D eigenvalue weighted by molar-refractivity contribution is 5.80. The molecule has 0 spiro atoms. The average Bonchev–Trinajstić information content (AvgIpc) is 1.75. The Balaban J connectivity index is 1.43.